The van der Waals surface area contributed by atoms with Gasteiger partial charge in [0.15, 0.2) is 51.5 Å². The number of piperazine rings is 2. The number of rotatable bonds is 8. The van der Waals surface area contributed by atoms with Crippen molar-refractivity contribution in [1.29, 1.82) is 10.5 Å². The van der Waals surface area contributed by atoms with Crippen molar-refractivity contribution in [1.82, 2.24) is 34.9 Å². The lowest BCUT2D eigenvalue weighted by Crippen LogP contribution is -2.69. The van der Waals surface area contributed by atoms with Crippen LogP contribution in [0.4, 0.5) is 0 Å². The summed E-state index contributed by atoms with van der Waals surface area (Å²) >= 11 is 2.59. The van der Waals surface area contributed by atoms with Gasteiger partial charge in [-0.25, -0.2) is 9.59 Å². The smallest absolute Gasteiger partial charge is 0.375 e. The minimum absolute atomic E-state index is 0. The molecule has 8 aromatic rings. The maximum absolute atomic E-state index is 15.0. The highest BCUT2D eigenvalue weighted by atomic mass is 32.2. The van der Waals surface area contributed by atoms with Gasteiger partial charge in [0.1, 0.15) is 48.9 Å². The summed E-state index contributed by atoms with van der Waals surface area (Å²) in [5, 5.41) is 76.2. The Balaban J connectivity index is 0.000000158. The first kappa shape index (κ1) is 85.2. The predicted octanol–water partition coefficient (Wildman–Crippen LogP) is 8.86. The highest BCUT2D eigenvalue weighted by Gasteiger charge is 2.65. The fourth-order valence-electron chi connectivity index (χ4n) is 20.3. The van der Waals surface area contributed by atoms with Gasteiger partial charge in [0, 0.05) is 136 Å². The Labute approximate surface area is 708 Å². The molecular weight excluding hydrogens is 1620 g/mol. The van der Waals surface area contributed by atoms with Gasteiger partial charge in [-0.2, -0.15) is 10.5 Å². The van der Waals surface area contributed by atoms with Gasteiger partial charge >= 0.3 is 35.8 Å². The second-order valence-corrected chi connectivity index (χ2v) is 34.0. The molecule has 0 saturated carbocycles. The highest BCUT2D eigenvalue weighted by molar-refractivity contribution is 8.00. The molecule has 12 aliphatic heterocycles. The van der Waals surface area contributed by atoms with E-state index < -0.39 is 124 Å². The number of carboxylic acids is 3. The van der Waals surface area contributed by atoms with E-state index in [4.69, 9.17) is 68.1 Å². The third-order valence-electron chi connectivity index (χ3n) is 25.1. The number of aromatic hydroxyl groups is 2. The number of likely N-dealkylation sites (N-methyl/N-ethyl adjacent to an activating group) is 2. The zero-order valence-corrected chi connectivity index (χ0v) is 69.3. The van der Waals surface area contributed by atoms with Crippen molar-refractivity contribution in [3.05, 3.63) is 150 Å². The molecule has 12 aliphatic rings. The van der Waals surface area contributed by atoms with E-state index in [2.05, 4.69) is 47.0 Å². The summed E-state index contributed by atoms with van der Waals surface area (Å²) in [7, 11) is 6.93. The van der Waals surface area contributed by atoms with Gasteiger partial charge in [0.05, 0.1) is 72.5 Å². The number of nitriles is 2. The van der Waals surface area contributed by atoms with Crippen LogP contribution in [0.1, 0.15) is 146 Å². The molecule has 0 aliphatic carbocycles. The van der Waals surface area contributed by atoms with Gasteiger partial charge in [0.25, 0.3) is 5.97 Å². The van der Waals surface area contributed by atoms with E-state index in [-0.39, 0.29) is 81.5 Å². The molecule has 14 heterocycles. The van der Waals surface area contributed by atoms with Crippen LogP contribution in [0.3, 0.4) is 0 Å². The number of esters is 4. The third kappa shape index (κ3) is 13.7. The molecule has 122 heavy (non-hydrogen) atoms. The van der Waals surface area contributed by atoms with Crippen LogP contribution in [0.5, 0.6) is 57.5 Å². The molecule has 8 bridgehead atoms. The number of methoxy groups -OCH3 is 2. The molecule has 4 fully saturated rings. The molecule has 2 aromatic heterocycles. The third-order valence-corrected chi connectivity index (χ3v) is 27.9. The lowest BCUT2D eigenvalue weighted by Gasteiger charge is -2.62. The highest BCUT2D eigenvalue weighted by Crippen LogP contribution is 2.67. The number of aryl methyl sites for hydroxylation is 2. The number of carboxylic acid groups (broad SMARTS) is 3. The van der Waals surface area contributed by atoms with Crippen LogP contribution >= 0.6 is 23.5 Å². The van der Waals surface area contributed by atoms with E-state index >= 15 is 4.79 Å². The topological polar surface area (TPSA) is 460 Å². The molecule has 640 valence electrons. The summed E-state index contributed by atoms with van der Waals surface area (Å²) in [6.45, 7) is 10.4. The van der Waals surface area contributed by atoms with E-state index in [0.29, 0.717) is 115 Å². The van der Waals surface area contributed by atoms with Crippen LogP contribution in [0.25, 0.3) is 21.8 Å². The number of benzene rings is 6. The number of fused-ring (bicyclic) bond motifs is 21. The van der Waals surface area contributed by atoms with Crippen molar-refractivity contribution < 1.29 is 111 Å². The zero-order valence-electron chi connectivity index (χ0n) is 67.7. The maximum atomic E-state index is 15.0. The average Bonchev–Trinajstić information content (AvgIpc) is 0.898. The summed E-state index contributed by atoms with van der Waals surface area (Å²) in [6, 6.07) is 16.7. The number of nitrogens with two attached hydrogens (primary N) is 1. The molecule has 0 amide bonds. The number of aliphatic carboxylic acids is 3. The van der Waals surface area contributed by atoms with Crippen molar-refractivity contribution in [3.63, 3.8) is 0 Å². The van der Waals surface area contributed by atoms with E-state index in [0.717, 1.165) is 56.5 Å². The second kappa shape index (κ2) is 32.9. The predicted molar refractivity (Wildman–Crippen MR) is 441 cm³/mol. The lowest BCUT2D eigenvalue weighted by molar-refractivity contribution is -0.159. The van der Waals surface area contributed by atoms with Crippen LogP contribution in [0.2, 0.25) is 0 Å². The Kier molecular flexibility index (Phi) is 23.0. The summed E-state index contributed by atoms with van der Waals surface area (Å²) in [4.78, 5) is 114. The number of ketones is 1. The Hall–Kier alpha value is -11.8. The van der Waals surface area contributed by atoms with E-state index in [9.17, 15) is 54.6 Å². The first-order valence-corrected chi connectivity index (χ1v) is 41.3. The standard InChI is InChI=1S/C42H41N5O10S.C31H31N3O9S.C11H12N2O2.C2H4O2.CH4/c1-17-10-20-11-25-26(13-43)47-27-14-54-41(52)42(39-22(12-24(45-42)40(50)51)21-8-6-7-9-23(21)44-39)15-58-38(32(47)31(46(25)4)28(20)33(49)34(17)53-5)30-29(27)37-36(55-16-56-37)18(2)35(30)57-19(3)48;1-12-6-15-7-16-17(8-32)34-18-9-40-31(38)19(36)10-44-30(24(34)23(33(16)4)20(15)25(37)26(12)39-5)22-21(18)29-28(41-11-42-29)13(2)27(22)43-14(3)35;12-9(11(14)15)5-7-6-13-10-4-2-1-3-8(7)10;1-2(3)4;/h6-10,24-27,31-32,38,44-45,49H,11-12,14-16H2,1-5H3,(H,50,51);6,16-18,23-24,30,37H,7,9-11H2,1-5H3;1-4,6,9,13H,5,12H2,(H,14,15);1H3,(H,3,4);1H4/t24-,25-,26-,27-,31+,32+,38+,42+;16-,17-,18-,23+,24+,30+;9-;;/m000../s1. The first-order chi connectivity index (χ1) is 57.9. The number of ether oxygens (including phenoxy) is 10. The summed E-state index contributed by atoms with van der Waals surface area (Å²) in [5.74, 6) is -3.58. The average molecular weight is 1710 g/mol. The summed E-state index contributed by atoms with van der Waals surface area (Å²) in [6.07, 6.45) is 3.24. The lowest BCUT2D eigenvalue weighted by atomic mass is 9.71. The summed E-state index contributed by atoms with van der Waals surface area (Å²) < 4.78 is 59.6. The van der Waals surface area contributed by atoms with Gasteiger partial charge < -0.3 is 88.6 Å². The van der Waals surface area contributed by atoms with Gasteiger partial charge in [-0.15, -0.1) is 23.5 Å². The largest absolute Gasteiger partial charge is 0.504 e. The number of H-pyrrole nitrogens is 2. The number of para-hydroxylation sites is 2. The molecule has 20 rings (SSSR count). The van der Waals surface area contributed by atoms with Crippen LogP contribution in [-0.2, 0) is 79.1 Å². The Bertz CT molecular complexity index is 5800. The first-order valence-electron chi connectivity index (χ1n) is 39.2. The van der Waals surface area contributed by atoms with Crippen molar-refractivity contribution in [2.45, 2.75) is 170 Å². The summed E-state index contributed by atoms with van der Waals surface area (Å²) in [5.41, 5.74) is 16.0. The molecule has 10 N–H and O–H groups in total. The zero-order chi connectivity index (χ0) is 86.1. The van der Waals surface area contributed by atoms with Crippen molar-refractivity contribution >= 4 is 92.9 Å². The molecule has 6 aromatic carbocycles. The number of hydrogen-bond donors (Lipinski definition) is 9. The number of nitrogens with zero attached hydrogens (tertiary/aromatic N) is 6. The van der Waals surface area contributed by atoms with Crippen molar-refractivity contribution in [2.75, 3.05) is 66.6 Å². The Morgan fingerprint density at radius 3 is 1.60 bits per heavy atom. The molecule has 35 heteroatoms. The molecular formula is C87H92N10O23S2. The molecule has 0 unspecified atom stereocenters. The van der Waals surface area contributed by atoms with Gasteiger partial charge in [-0.1, -0.05) is 56.0 Å². The normalized spacial score (nSPS) is 26.1. The monoisotopic (exact) mass is 1710 g/mol. The van der Waals surface area contributed by atoms with Crippen molar-refractivity contribution in [2.24, 2.45) is 5.73 Å². The number of aromatic nitrogens is 2. The number of hydrogen-bond acceptors (Lipinski definition) is 30. The van der Waals surface area contributed by atoms with E-state index in [1.807, 2.05) is 94.8 Å². The van der Waals surface area contributed by atoms with Crippen LogP contribution in [0, 0.1) is 50.4 Å². The number of Topliss-reactive ketones (excluding diaryl/α,β-unsaturated/α-hetero) is 1. The molecule has 15 atom stereocenters. The number of phenolic OH excluding ortho intramolecular Hbond substituents is 2. The number of cyclic esters (lactones) is 1. The second-order valence-electron chi connectivity index (χ2n) is 31.8. The molecule has 1 spiro atoms. The van der Waals surface area contributed by atoms with Crippen molar-refractivity contribution in [3.8, 4) is 69.6 Å². The maximum Gasteiger partial charge on any atom is 0.375 e. The number of carbonyl (C=O) groups excluding carboxylic acids is 5. The molecule has 33 nitrogen and oxygen atoms in total. The van der Waals surface area contributed by atoms with Gasteiger partial charge in [-0.05, 0) is 100 Å². The number of thioether (sulfide) groups is 2. The van der Waals surface area contributed by atoms with Gasteiger partial charge in [0.2, 0.25) is 19.4 Å². The number of nitrogens with one attached hydrogen (secondary N) is 3. The number of aromatic amines is 2. The molecule has 0 radical (unpaired) electrons. The fourth-order valence-corrected chi connectivity index (χ4v) is 23.3. The minimum Gasteiger partial charge on any atom is -0.504 e. The quantitative estimate of drug-likeness (QED) is 0.0389. The SMILES string of the molecule is C.CC(=O)O.COc1c(C)cc2c(c1O)[C@@H]1[C@@H]3[C@@H]4SCC(=O)C(=O)OC[C@@H](c5c6c(c(C)c(OC(C)=O)c54)OCO6)N3[C@@H](C#N)[C@H](C2)N1C.COc1c(C)cc2c(c1O)[C@@H]1[C@@H]3[C@@H]4SC[C@]5(N[C@H](C(=O)O)Cc6c5[nH]c5ccccc65)C(=O)OC[C@@H](c5c6c(c(C)c(OC(C)=O)c54)OCO6)N3[C@@H](C#N)[C@H](C2)N1C.N[C@@H](Cc1c[nH]c2ccccc12)C(=O)O. The van der Waals surface area contributed by atoms with E-state index in [1.165, 1.54) is 51.6 Å². The van der Waals surface area contributed by atoms with Crippen LogP contribution < -0.4 is 48.9 Å². The number of carbonyl (C=O) groups is 8. The van der Waals surface area contributed by atoms with Crippen LogP contribution in [0.15, 0.2) is 66.9 Å². The molecule has 4 saturated heterocycles. The van der Waals surface area contributed by atoms with E-state index in [1.54, 1.807) is 13.8 Å². The fraction of sp³-hybridized carbons (Fsp3) is 0.425. The van der Waals surface area contributed by atoms with Crippen LogP contribution in [-0.4, -0.2) is 218 Å². The Morgan fingerprint density at radius 2 is 1.11 bits per heavy atom. The van der Waals surface area contributed by atoms with Gasteiger partial charge in [-0.3, -0.25) is 53.7 Å². The Morgan fingerprint density at radius 1 is 0.639 bits per heavy atom. The minimum atomic E-state index is -1.67. The number of phenols is 2.